The number of rotatable bonds is 5. The number of carbonyl (C=O) groups is 1. The van der Waals surface area contributed by atoms with Gasteiger partial charge in [0.1, 0.15) is 5.82 Å². The van der Waals surface area contributed by atoms with Crippen LogP contribution in [0, 0.1) is 0 Å². The number of hydrogen-bond acceptors (Lipinski definition) is 5. The van der Waals surface area contributed by atoms with E-state index in [2.05, 4.69) is 67.1 Å². The van der Waals surface area contributed by atoms with Crippen LogP contribution in [0.1, 0.15) is 16.4 Å². The van der Waals surface area contributed by atoms with Gasteiger partial charge in [-0.05, 0) is 23.1 Å². The lowest BCUT2D eigenvalue weighted by Gasteiger charge is -2.35. The molecule has 2 N–H and O–H groups in total. The number of carbonyl (C=O) groups excluding carboxylic acids is 1. The van der Waals surface area contributed by atoms with Crippen molar-refractivity contribution >= 4 is 34.1 Å². The summed E-state index contributed by atoms with van der Waals surface area (Å²) in [4.78, 5) is 30.1. The molecule has 7 nitrogen and oxygen atoms in total. The zero-order valence-electron chi connectivity index (χ0n) is 17.1. The standard InChI is InChI=1S/C23H24N6OS/c30-23(29-11-9-28(10-12-29)22-16-24-7-8-25-22)27-15-19(21-6-3-13-31-21)18-14-26-20-5-2-1-4-17(18)20/h1-8,13-14,16,19,26H,9-12,15H2,(H,27,30)/t19-/m0/s1. The number of nitrogens with one attached hydrogen (secondary N) is 2. The van der Waals surface area contributed by atoms with Gasteiger partial charge in [-0.25, -0.2) is 9.78 Å². The molecule has 158 valence electrons. The van der Waals surface area contributed by atoms with Crippen molar-refractivity contribution in [3.8, 4) is 0 Å². The lowest BCUT2D eigenvalue weighted by atomic mass is 9.97. The smallest absolute Gasteiger partial charge is 0.317 e. The number of H-pyrrole nitrogens is 1. The number of nitrogens with zero attached hydrogens (tertiary/aromatic N) is 4. The molecule has 1 aliphatic rings. The Bertz CT molecular complexity index is 1140. The minimum absolute atomic E-state index is 0.0137. The second-order valence-electron chi connectivity index (χ2n) is 7.58. The van der Waals surface area contributed by atoms with Gasteiger partial charge in [0.15, 0.2) is 0 Å². The summed E-state index contributed by atoms with van der Waals surface area (Å²) in [6.07, 6.45) is 7.21. The molecule has 0 saturated carbocycles. The van der Waals surface area contributed by atoms with Crippen LogP contribution in [0.15, 0.2) is 66.6 Å². The molecule has 31 heavy (non-hydrogen) atoms. The summed E-state index contributed by atoms with van der Waals surface area (Å²) in [5, 5.41) is 6.47. The fraction of sp³-hybridized carbons (Fsp3) is 0.261. The Morgan fingerprint density at radius 3 is 2.77 bits per heavy atom. The van der Waals surface area contributed by atoms with E-state index in [0.717, 1.165) is 24.4 Å². The van der Waals surface area contributed by atoms with E-state index in [4.69, 9.17) is 0 Å². The molecule has 4 heterocycles. The van der Waals surface area contributed by atoms with E-state index in [1.54, 1.807) is 29.9 Å². The summed E-state index contributed by atoms with van der Waals surface area (Å²) < 4.78 is 0. The van der Waals surface area contributed by atoms with Crippen LogP contribution >= 0.6 is 11.3 Å². The lowest BCUT2D eigenvalue weighted by Crippen LogP contribution is -2.52. The summed E-state index contributed by atoms with van der Waals surface area (Å²) >= 11 is 1.72. The van der Waals surface area contributed by atoms with Crippen molar-refractivity contribution in [3.05, 3.63) is 77.0 Å². The molecule has 5 rings (SSSR count). The molecule has 0 bridgehead atoms. The van der Waals surface area contributed by atoms with E-state index in [1.165, 1.54) is 15.8 Å². The lowest BCUT2D eigenvalue weighted by molar-refractivity contribution is 0.194. The van der Waals surface area contributed by atoms with Crippen LogP contribution in [0.3, 0.4) is 0 Å². The molecule has 0 spiro atoms. The summed E-state index contributed by atoms with van der Waals surface area (Å²) in [5.41, 5.74) is 2.33. The van der Waals surface area contributed by atoms with Crippen molar-refractivity contribution in [2.45, 2.75) is 5.92 Å². The number of benzene rings is 1. The topological polar surface area (TPSA) is 77.2 Å². The van der Waals surface area contributed by atoms with Crippen LogP contribution in [-0.4, -0.2) is 58.6 Å². The first kappa shape index (κ1) is 19.6. The van der Waals surface area contributed by atoms with Crippen LogP contribution < -0.4 is 10.2 Å². The number of thiophene rings is 1. The summed E-state index contributed by atoms with van der Waals surface area (Å²) in [7, 11) is 0. The van der Waals surface area contributed by atoms with Crippen molar-refractivity contribution in [2.24, 2.45) is 0 Å². The quantitative estimate of drug-likeness (QED) is 0.504. The maximum atomic E-state index is 12.9. The number of piperazine rings is 1. The highest BCUT2D eigenvalue weighted by Gasteiger charge is 2.24. The van der Waals surface area contributed by atoms with Gasteiger partial charge in [-0.15, -0.1) is 11.3 Å². The van der Waals surface area contributed by atoms with Crippen LogP contribution in [0.4, 0.5) is 10.6 Å². The van der Waals surface area contributed by atoms with Gasteiger partial charge in [-0.2, -0.15) is 0 Å². The van der Waals surface area contributed by atoms with Crippen LogP contribution in [0.5, 0.6) is 0 Å². The normalized spacial score (nSPS) is 15.2. The molecule has 4 aromatic rings. The average molecular weight is 433 g/mol. The molecular weight excluding hydrogens is 408 g/mol. The second kappa shape index (κ2) is 8.77. The molecular formula is C23H24N6OS. The third kappa shape index (κ3) is 4.11. The Balaban J connectivity index is 1.25. The Kier molecular flexibility index (Phi) is 5.54. The molecule has 0 unspecified atom stereocenters. The predicted molar refractivity (Wildman–Crippen MR) is 124 cm³/mol. The van der Waals surface area contributed by atoms with Gasteiger partial charge in [0.2, 0.25) is 0 Å². The molecule has 1 atom stereocenters. The number of hydrogen-bond donors (Lipinski definition) is 2. The molecule has 0 aliphatic carbocycles. The average Bonchev–Trinajstić information content (AvgIpc) is 3.51. The van der Waals surface area contributed by atoms with Crippen molar-refractivity contribution in [1.29, 1.82) is 0 Å². The molecule has 1 aliphatic heterocycles. The molecule has 8 heteroatoms. The van der Waals surface area contributed by atoms with E-state index in [1.807, 2.05) is 11.0 Å². The van der Waals surface area contributed by atoms with E-state index in [0.29, 0.717) is 19.6 Å². The molecule has 2 amide bonds. The minimum atomic E-state index is -0.0137. The third-order valence-corrected chi connectivity index (χ3v) is 6.77. The Morgan fingerprint density at radius 2 is 2.00 bits per heavy atom. The zero-order valence-corrected chi connectivity index (χ0v) is 17.9. The Labute approximate surface area is 184 Å². The fourth-order valence-corrected chi connectivity index (χ4v) is 4.98. The van der Waals surface area contributed by atoms with Gasteiger partial charge in [-0.1, -0.05) is 24.3 Å². The van der Waals surface area contributed by atoms with Crippen molar-refractivity contribution in [2.75, 3.05) is 37.6 Å². The molecule has 1 fully saturated rings. The highest BCUT2D eigenvalue weighted by atomic mass is 32.1. The monoisotopic (exact) mass is 432 g/mol. The first-order chi connectivity index (χ1) is 15.3. The number of amides is 2. The van der Waals surface area contributed by atoms with Crippen LogP contribution in [-0.2, 0) is 0 Å². The van der Waals surface area contributed by atoms with E-state index >= 15 is 0 Å². The molecule has 1 aromatic carbocycles. The number of fused-ring (bicyclic) bond motifs is 1. The van der Waals surface area contributed by atoms with Crippen LogP contribution in [0.2, 0.25) is 0 Å². The first-order valence-corrected chi connectivity index (χ1v) is 11.3. The second-order valence-corrected chi connectivity index (χ2v) is 8.56. The summed E-state index contributed by atoms with van der Waals surface area (Å²) in [5.74, 6) is 0.973. The first-order valence-electron chi connectivity index (χ1n) is 10.4. The Hall–Kier alpha value is -3.39. The molecule has 1 saturated heterocycles. The van der Waals surface area contributed by atoms with Gasteiger partial charge >= 0.3 is 6.03 Å². The third-order valence-electron chi connectivity index (χ3n) is 5.78. The minimum Gasteiger partial charge on any atom is -0.361 e. The van der Waals surface area contributed by atoms with Gasteiger partial charge < -0.3 is 20.1 Å². The summed E-state index contributed by atoms with van der Waals surface area (Å²) in [6, 6.07) is 12.5. The maximum Gasteiger partial charge on any atom is 0.317 e. The molecule has 3 aromatic heterocycles. The number of anilines is 1. The maximum absolute atomic E-state index is 12.9. The molecule has 0 radical (unpaired) electrons. The van der Waals surface area contributed by atoms with Gasteiger partial charge in [0.25, 0.3) is 0 Å². The SMILES string of the molecule is O=C(NC[C@H](c1cccs1)c1c[nH]c2ccccc12)N1CCN(c2cnccn2)CC1. The largest absolute Gasteiger partial charge is 0.361 e. The van der Waals surface area contributed by atoms with Crippen LogP contribution in [0.25, 0.3) is 10.9 Å². The fourth-order valence-electron chi connectivity index (χ4n) is 4.13. The highest BCUT2D eigenvalue weighted by molar-refractivity contribution is 7.10. The predicted octanol–water partition coefficient (Wildman–Crippen LogP) is 3.68. The number of aromatic amines is 1. The van der Waals surface area contributed by atoms with Crippen molar-refractivity contribution in [3.63, 3.8) is 0 Å². The van der Waals surface area contributed by atoms with Crippen molar-refractivity contribution in [1.82, 2.24) is 25.2 Å². The van der Waals surface area contributed by atoms with E-state index in [-0.39, 0.29) is 11.9 Å². The number of aromatic nitrogens is 3. The Morgan fingerprint density at radius 1 is 1.13 bits per heavy atom. The van der Waals surface area contributed by atoms with E-state index < -0.39 is 0 Å². The van der Waals surface area contributed by atoms with Gasteiger partial charge in [0, 0.05) is 73.0 Å². The number of para-hydroxylation sites is 1. The summed E-state index contributed by atoms with van der Waals surface area (Å²) in [6.45, 7) is 3.40. The van der Waals surface area contributed by atoms with Gasteiger partial charge in [-0.3, -0.25) is 4.98 Å². The van der Waals surface area contributed by atoms with E-state index in [9.17, 15) is 4.79 Å². The van der Waals surface area contributed by atoms with Crippen molar-refractivity contribution < 1.29 is 4.79 Å². The number of urea groups is 1. The highest BCUT2D eigenvalue weighted by Crippen LogP contribution is 2.32. The van der Waals surface area contributed by atoms with Gasteiger partial charge in [0.05, 0.1) is 6.20 Å². The zero-order chi connectivity index (χ0) is 21.0.